The van der Waals surface area contributed by atoms with E-state index < -0.39 is 6.10 Å². The summed E-state index contributed by atoms with van der Waals surface area (Å²) in [5.74, 6) is 0.334. The van der Waals surface area contributed by atoms with Gasteiger partial charge in [0, 0.05) is 12.0 Å². The van der Waals surface area contributed by atoms with Gasteiger partial charge in [0.25, 0.3) is 5.91 Å². The van der Waals surface area contributed by atoms with Crippen molar-refractivity contribution in [3.63, 3.8) is 0 Å². The first kappa shape index (κ1) is 10.3. The molecule has 1 unspecified atom stereocenters. The molecule has 0 fully saturated rings. The highest BCUT2D eigenvalue weighted by atomic mass is 16.5. The van der Waals surface area contributed by atoms with Gasteiger partial charge >= 0.3 is 0 Å². The third-order valence-corrected chi connectivity index (χ3v) is 2.46. The van der Waals surface area contributed by atoms with Crippen LogP contribution in [0.5, 0.6) is 5.75 Å². The summed E-state index contributed by atoms with van der Waals surface area (Å²) in [6.45, 7) is 1.66. The number of hydrogen-bond acceptors (Lipinski definition) is 3. The van der Waals surface area contributed by atoms with Gasteiger partial charge in [0.2, 0.25) is 0 Å². The topological polar surface area (TPSA) is 78.3 Å². The van der Waals surface area contributed by atoms with Crippen LogP contribution in [0, 0.1) is 0 Å². The van der Waals surface area contributed by atoms with Gasteiger partial charge in [-0.3, -0.25) is 4.79 Å². The SMILES string of the molecule is CC1Oc2c(N=[N+]=[N-])cccc2N(C)C1=O. The van der Waals surface area contributed by atoms with Crippen LogP contribution < -0.4 is 9.64 Å². The quantitative estimate of drug-likeness (QED) is 0.412. The zero-order valence-electron chi connectivity index (χ0n) is 8.91. The lowest BCUT2D eigenvalue weighted by atomic mass is 10.2. The molecule has 6 nitrogen and oxygen atoms in total. The molecule has 0 radical (unpaired) electrons. The summed E-state index contributed by atoms with van der Waals surface area (Å²) in [7, 11) is 1.67. The van der Waals surface area contributed by atoms with Gasteiger partial charge in [0.05, 0.1) is 11.4 Å². The molecule has 0 aromatic heterocycles. The van der Waals surface area contributed by atoms with Crippen molar-refractivity contribution in [1.82, 2.24) is 0 Å². The first-order chi connectivity index (χ1) is 7.65. The number of nitrogens with zero attached hydrogens (tertiary/aromatic N) is 4. The lowest BCUT2D eigenvalue weighted by Gasteiger charge is -2.30. The Morgan fingerprint density at radius 3 is 3.00 bits per heavy atom. The largest absolute Gasteiger partial charge is 0.478 e. The molecule has 82 valence electrons. The normalized spacial score (nSPS) is 18.5. The Kier molecular flexibility index (Phi) is 2.42. The third-order valence-electron chi connectivity index (χ3n) is 2.46. The highest BCUT2D eigenvalue weighted by Crippen LogP contribution is 2.40. The smallest absolute Gasteiger partial charge is 0.267 e. The van der Waals surface area contributed by atoms with E-state index in [1.54, 1.807) is 32.2 Å². The lowest BCUT2D eigenvalue weighted by molar-refractivity contribution is -0.125. The Morgan fingerprint density at radius 1 is 1.56 bits per heavy atom. The molecule has 1 aliphatic rings. The minimum absolute atomic E-state index is 0.120. The van der Waals surface area contributed by atoms with E-state index in [9.17, 15) is 4.79 Å². The highest BCUT2D eigenvalue weighted by Gasteiger charge is 2.29. The Bertz CT molecular complexity index is 494. The zero-order valence-corrected chi connectivity index (χ0v) is 8.91. The molecular formula is C10H10N4O2. The molecule has 0 bridgehead atoms. The van der Waals surface area contributed by atoms with Crippen LogP contribution in [0.1, 0.15) is 6.92 Å². The van der Waals surface area contributed by atoms with Gasteiger partial charge in [0.1, 0.15) is 0 Å². The van der Waals surface area contributed by atoms with Gasteiger partial charge in [-0.25, -0.2) is 0 Å². The summed E-state index contributed by atoms with van der Waals surface area (Å²) in [5.41, 5.74) is 9.44. The zero-order chi connectivity index (χ0) is 11.7. The van der Waals surface area contributed by atoms with Crippen LogP contribution in [0.2, 0.25) is 0 Å². The Hall–Kier alpha value is -2.20. The van der Waals surface area contributed by atoms with Gasteiger partial charge in [-0.2, -0.15) is 0 Å². The van der Waals surface area contributed by atoms with Crippen molar-refractivity contribution in [3.05, 3.63) is 28.6 Å². The second kappa shape index (κ2) is 3.75. The van der Waals surface area contributed by atoms with Gasteiger partial charge in [-0.15, -0.1) is 0 Å². The number of carbonyl (C=O) groups excluding carboxylic acids is 1. The maximum atomic E-state index is 11.7. The second-order valence-corrected chi connectivity index (χ2v) is 3.47. The molecule has 6 heteroatoms. The molecule has 0 saturated heterocycles. The van der Waals surface area contributed by atoms with E-state index in [2.05, 4.69) is 10.0 Å². The van der Waals surface area contributed by atoms with E-state index >= 15 is 0 Å². The molecule has 1 heterocycles. The average Bonchev–Trinajstić information content (AvgIpc) is 2.28. The molecule has 16 heavy (non-hydrogen) atoms. The van der Waals surface area contributed by atoms with Crippen molar-refractivity contribution < 1.29 is 9.53 Å². The summed E-state index contributed by atoms with van der Waals surface area (Å²) >= 11 is 0. The molecule has 2 rings (SSSR count). The maximum Gasteiger partial charge on any atom is 0.267 e. The first-order valence-corrected chi connectivity index (χ1v) is 4.77. The summed E-state index contributed by atoms with van der Waals surface area (Å²) in [5, 5.41) is 3.53. The summed E-state index contributed by atoms with van der Waals surface area (Å²) < 4.78 is 5.44. The van der Waals surface area contributed by atoms with Crippen molar-refractivity contribution in [2.24, 2.45) is 5.11 Å². The van der Waals surface area contributed by atoms with Crippen molar-refractivity contribution in [1.29, 1.82) is 0 Å². The van der Waals surface area contributed by atoms with Crippen LogP contribution in [-0.4, -0.2) is 19.1 Å². The van der Waals surface area contributed by atoms with E-state index in [0.717, 1.165) is 0 Å². The molecule has 0 N–H and O–H groups in total. The van der Waals surface area contributed by atoms with E-state index in [0.29, 0.717) is 17.1 Å². The predicted octanol–water partition coefficient (Wildman–Crippen LogP) is 2.37. The summed E-state index contributed by atoms with van der Waals surface area (Å²) in [4.78, 5) is 15.9. The number of rotatable bonds is 1. The number of likely N-dealkylation sites (N-methyl/N-ethyl adjacent to an activating group) is 1. The van der Waals surface area contributed by atoms with E-state index in [1.165, 1.54) is 4.90 Å². The minimum Gasteiger partial charge on any atom is -0.478 e. The van der Waals surface area contributed by atoms with Crippen LogP contribution in [0.15, 0.2) is 23.3 Å². The highest BCUT2D eigenvalue weighted by molar-refractivity contribution is 6.00. The van der Waals surface area contributed by atoms with Gasteiger partial charge in [0.15, 0.2) is 11.9 Å². The fourth-order valence-corrected chi connectivity index (χ4v) is 1.64. The lowest BCUT2D eigenvalue weighted by Crippen LogP contribution is -2.41. The van der Waals surface area contributed by atoms with Gasteiger partial charge < -0.3 is 9.64 Å². The standard InChI is InChI=1S/C10H10N4O2/c1-6-10(15)14(2)8-5-3-4-7(12-13-11)9(8)16-6/h3-6H,1-2H3. The second-order valence-electron chi connectivity index (χ2n) is 3.47. The van der Waals surface area contributed by atoms with Crippen LogP contribution in [-0.2, 0) is 4.79 Å². The Labute approximate surface area is 92.1 Å². The van der Waals surface area contributed by atoms with Crippen molar-refractivity contribution in [2.75, 3.05) is 11.9 Å². The van der Waals surface area contributed by atoms with Crippen LogP contribution in [0.25, 0.3) is 10.4 Å². The minimum atomic E-state index is -0.562. The van der Waals surface area contributed by atoms with Crippen LogP contribution >= 0.6 is 0 Å². The Morgan fingerprint density at radius 2 is 2.31 bits per heavy atom. The monoisotopic (exact) mass is 218 g/mol. The molecule has 1 atom stereocenters. The summed E-state index contributed by atoms with van der Waals surface area (Å²) in [6, 6.07) is 5.11. The molecule has 0 spiro atoms. The number of hydrogen-bond donors (Lipinski definition) is 0. The average molecular weight is 218 g/mol. The van der Waals surface area contributed by atoms with E-state index in [-0.39, 0.29) is 5.91 Å². The molecule has 1 aromatic carbocycles. The van der Waals surface area contributed by atoms with Gasteiger partial charge in [-0.1, -0.05) is 11.2 Å². The molecule has 0 saturated carbocycles. The number of benzene rings is 1. The maximum absolute atomic E-state index is 11.7. The first-order valence-electron chi connectivity index (χ1n) is 4.77. The number of ether oxygens (including phenoxy) is 1. The molecular weight excluding hydrogens is 208 g/mol. The molecule has 1 aliphatic heterocycles. The Balaban J connectivity index is 2.59. The van der Waals surface area contributed by atoms with E-state index in [4.69, 9.17) is 10.3 Å². The number of amides is 1. The fraction of sp³-hybridized carbons (Fsp3) is 0.300. The molecule has 1 amide bonds. The van der Waals surface area contributed by atoms with Gasteiger partial charge in [-0.05, 0) is 24.6 Å². The van der Waals surface area contributed by atoms with Crippen LogP contribution in [0.4, 0.5) is 11.4 Å². The predicted molar refractivity (Wildman–Crippen MR) is 58.7 cm³/mol. The number of carbonyl (C=O) groups is 1. The number of azide groups is 1. The van der Waals surface area contributed by atoms with Crippen molar-refractivity contribution in [2.45, 2.75) is 13.0 Å². The summed E-state index contributed by atoms with van der Waals surface area (Å²) in [6.07, 6.45) is -0.562. The number of para-hydroxylation sites is 1. The fourth-order valence-electron chi connectivity index (χ4n) is 1.64. The van der Waals surface area contributed by atoms with E-state index in [1.807, 2.05) is 0 Å². The molecule has 0 aliphatic carbocycles. The third kappa shape index (κ3) is 1.45. The van der Waals surface area contributed by atoms with Crippen molar-refractivity contribution in [3.8, 4) is 5.75 Å². The van der Waals surface area contributed by atoms with Crippen molar-refractivity contribution >= 4 is 17.3 Å². The number of fused-ring (bicyclic) bond motifs is 1. The molecule has 1 aromatic rings. The number of anilines is 1. The van der Waals surface area contributed by atoms with Crippen LogP contribution in [0.3, 0.4) is 0 Å².